The molecular weight excluding hydrogens is 388 g/mol. The van der Waals surface area contributed by atoms with Crippen LogP contribution in [0.3, 0.4) is 0 Å². The normalized spacial score (nSPS) is 12.4. The van der Waals surface area contributed by atoms with Crippen molar-refractivity contribution in [2.45, 2.75) is 26.4 Å². The van der Waals surface area contributed by atoms with E-state index in [0.29, 0.717) is 19.6 Å². The van der Waals surface area contributed by atoms with Crippen LogP contribution in [0.25, 0.3) is 16.7 Å². The predicted octanol–water partition coefficient (Wildman–Crippen LogP) is 5.87. The summed E-state index contributed by atoms with van der Waals surface area (Å²) in [6, 6.07) is 26.3. The number of carboxylic acid groups (broad SMARTS) is 1. The predicted molar refractivity (Wildman–Crippen MR) is 124 cm³/mol. The van der Waals surface area contributed by atoms with Gasteiger partial charge in [-0.1, -0.05) is 66.7 Å². The fourth-order valence-corrected chi connectivity index (χ4v) is 3.29. The topological polar surface area (TPSA) is 55.8 Å². The number of ether oxygens (including phenoxy) is 2. The zero-order chi connectivity index (χ0) is 22.1. The number of hydrogen-bond donors (Lipinski definition) is 1. The Balaban J connectivity index is 1.54. The lowest BCUT2D eigenvalue weighted by Gasteiger charge is -2.12. The van der Waals surface area contributed by atoms with Crippen LogP contribution in [0.15, 0.2) is 84.9 Å². The average Bonchev–Trinajstić information content (AvgIpc) is 2.80. The summed E-state index contributed by atoms with van der Waals surface area (Å²) in [5, 5.41) is 9.20. The molecule has 0 spiro atoms. The van der Waals surface area contributed by atoms with Gasteiger partial charge in [0.15, 0.2) is 6.10 Å². The molecule has 31 heavy (non-hydrogen) atoms. The van der Waals surface area contributed by atoms with Crippen molar-refractivity contribution < 1.29 is 19.4 Å². The molecule has 0 aromatic heterocycles. The van der Waals surface area contributed by atoms with E-state index in [1.54, 1.807) is 6.92 Å². The van der Waals surface area contributed by atoms with E-state index in [1.807, 2.05) is 42.5 Å². The molecule has 0 aliphatic rings. The van der Waals surface area contributed by atoms with Crippen molar-refractivity contribution >= 4 is 11.5 Å². The van der Waals surface area contributed by atoms with Crippen LogP contribution in [0.1, 0.15) is 25.0 Å². The molecular formula is C27H28O4. The molecule has 4 nitrogen and oxygen atoms in total. The van der Waals surface area contributed by atoms with E-state index >= 15 is 0 Å². The van der Waals surface area contributed by atoms with Gasteiger partial charge in [0.05, 0.1) is 0 Å². The lowest BCUT2D eigenvalue weighted by atomic mass is 10.0. The molecule has 1 N–H and O–H groups in total. The molecule has 3 rings (SSSR count). The van der Waals surface area contributed by atoms with Gasteiger partial charge < -0.3 is 14.6 Å². The zero-order valence-corrected chi connectivity index (χ0v) is 18.0. The zero-order valence-electron chi connectivity index (χ0n) is 18.0. The first-order valence-corrected chi connectivity index (χ1v) is 10.5. The molecule has 0 saturated carbocycles. The molecule has 1 atom stereocenters. The third-order valence-electron chi connectivity index (χ3n) is 5.07. The third kappa shape index (κ3) is 6.56. The van der Waals surface area contributed by atoms with Gasteiger partial charge in [-0.05, 0) is 59.9 Å². The Kier molecular flexibility index (Phi) is 8.02. The van der Waals surface area contributed by atoms with Crippen LogP contribution in [0, 0.1) is 0 Å². The van der Waals surface area contributed by atoms with Crippen LogP contribution in [0.5, 0.6) is 5.75 Å². The monoisotopic (exact) mass is 416 g/mol. The summed E-state index contributed by atoms with van der Waals surface area (Å²) in [5.74, 6) is -0.199. The number of carboxylic acids is 1. The van der Waals surface area contributed by atoms with E-state index in [0.717, 1.165) is 22.4 Å². The molecule has 3 aromatic carbocycles. The van der Waals surface area contributed by atoms with Crippen LogP contribution in [-0.2, 0) is 16.0 Å². The summed E-state index contributed by atoms with van der Waals surface area (Å²) in [5.41, 5.74) is 5.62. The molecule has 0 unspecified atom stereocenters. The van der Waals surface area contributed by atoms with E-state index in [4.69, 9.17) is 9.47 Å². The molecule has 0 aliphatic heterocycles. The largest absolute Gasteiger partial charge is 0.490 e. The number of carbonyl (C=O) groups is 1. The van der Waals surface area contributed by atoms with E-state index < -0.39 is 12.1 Å². The highest BCUT2D eigenvalue weighted by Gasteiger charge is 2.17. The molecule has 0 aliphatic carbocycles. The van der Waals surface area contributed by atoms with Gasteiger partial charge in [-0.25, -0.2) is 4.79 Å². The smallest absolute Gasteiger partial charge is 0.333 e. The molecule has 0 bridgehead atoms. The molecule has 0 amide bonds. The lowest BCUT2D eigenvalue weighted by molar-refractivity contribution is -0.149. The molecule has 3 aromatic rings. The van der Waals surface area contributed by atoms with E-state index in [1.165, 1.54) is 11.1 Å². The fraction of sp³-hybridized carbons (Fsp3) is 0.222. The summed E-state index contributed by atoms with van der Waals surface area (Å²) in [4.78, 5) is 11.2. The quantitative estimate of drug-likeness (QED) is 0.449. The van der Waals surface area contributed by atoms with Crippen molar-refractivity contribution in [3.63, 3.8) is 0 Å². The molecule has 160 valence electrons. The average molecular weight is 417 g/mol. The maximum atomic E-state index is 11.2. The van der Waals surface area contributed by atoms with Crippen molar-refractivity contribution in [1.29, 1.82) is 0 Å². The lowest BCUT2D eigenvalue weighted by Crippen LogP contribution is -2.26. The highest BCUT2D eigenvalue weighted by molar-refractivity contribution is 5.72. The molecule has 0 radical (unpaired) electrons. The number of allylic oxidation sites excluding steroid dienone is 1. The Morgan fingerprint density at radius 3 is 2.19 bits per heavy atom. The minimum atomic E-state index is -0.945. The summed E-state index contributed by atoms with van der Waals surface area (Å²) in [7, 11) is 0. The Bertz CT molecular complexity index is 990. The van der Waals surface area contributed by atoms with Gasteiger partial charge in [0.2, 0.25) is 0 Å². The van der Waals surface area contributed by atoms with Gasteiger partial charge in [0.1, 0.15) is 12.4 Å². The Labute approximate surface area is 183 Å². The first kappa shape index (κ1) is 22.3. The van der Waals surface area contributed by atoms with Gasteiger partial charge in [-0.15, -0.1) is 0 Å². The number of rotatable bonds is 10. The first-order chi connectivity index (χ1) is 15.1. The summed E-state index contributed by atoms with van der Waals surface area (Å²) >= 11 is 0. The first-order valence-electron chi connectivity index (χ1n) is 10.5. The molecule has 4 heteroatoms. The summed E-state index contributed by atoms with van der Waals surface area (Å²) < 4.78 is 11.1. The standard InChI is InChI=1S/C27H28O4/c1-3-30-26(27(28)29)19-21-9-15-25(16-10-21)31-18-17-20(2)22-11-13-24(14-12-22)23-7-5-4-6-8-23/h4-17,26H,3,18-19H2,1-2H3,(H,28,29)/b20-17-/t26-/m0/s1. The van der Waals surface area contributed by atoms with Crippen molar-refractivity contribution in [2.75, 3.05) is 13.2 Å². The van der Waals surface area contributed by atoms with Crippen molar-refractivity contribution in [3.8, 4) is 16.9 Å². The minimum Gasteiger partial charge on any atom is -0.490 e. The van der Waals surface area contributed by atoms with E-state index in [-0.39, 0.29) is 0 Å². The van der Waals surface area contributed by atoms with E-state index in [9.17, 15) is 9.90 Å². The molecule has 0 saturated heterocycles. The van der Waals surface area contributed by atoms with Crippen LogP contribution < -0.4 is 4.74 Å². The Morgan fingerprint density at radius 2 is 1.58 bits per heavy atom. The second-order valence-electron chi connectivity index (χ2n) is 7.27. The number of aliphatic carboxylic acids is 1. The summed E-state index contributed by atoms with van der Waals surface area (Å²) in [6.45, 7) is 4.70. The maximum absolute atomic E-state index is 11.2. The van der Waals surface area contributed by atoms with Crippen LogP contribution >= 0.6 is 0 Å². The number of hydrogen-bond acceptors (Lipinski definition) is 3. The molecule has 0 heterocycles. The Morgan fingerprint density at radius 1 is 0.935 bits per heavy atom. The number of benzene rings is 3. The van der Waals surface area contributed by atoms with E-state index in [2.05, 4.69) is 49.4 Å². The SMILES string of the molecule is CCO[C@@H](Cc1ccc(OC/C=C(/C)c2ccc(-c3ccccc3)cc2)cc1)C(=O)O. The van der Waals surface area contributed by atoms with Crippen LogP contribution in [0.4, 0.5) is 0 Å². The van der Waals surface area contributed by atoms with Crippen LogP contribution in [0.2, 0.25) is 0 Å². The molecule has 0 fully saturated rings. The van der Waals surface area contributed by atoms with Crippen LogP contribution in [-0.4, -0.2) is 30.4 Å². The maximum Gasteiger partial charge on any atom is 0.333 e. The van der Waals surface area contributed by atoms with Gasteiger partial charge in [-0.3, -0.25) is 0 Å². The van der Waals surface area contributed by atoms with Crippen molar-refractivity contribution in [2.24, 2.45) is 0 Å². The highest BCUT2D eigenvalue weighted by Crippen LogP contribution is 2.22. The third-order valence-corrected chi connectivity index (χ3v) is 5.07. The van der Waals surface area contributed by atoms with Crippen molar-refractivity contribution in [3.05, 3.63) is 96.1 Å². The van der Waals surface area contributed by atoms with Gasteiger partial charge in [0, 0.05) is 13.0 Å². The fourth-order valence-electron chi connectivity index (χ4n) is 3.29. The second-order valence-corrected chi connectivity index (χ2v) is 7.27. The van der Waals surface area contributed by atoms with Crippen molar-refractivity contribution in [1.82, 2.24) is 0 Å². The van der Waals surface area contributed by atoms with Gasteiger partial charge in [0.25, 0.3) is 0 Å². The van der Waals surface area contributed by atoms with Gasteiger partial charge in [-0.2, -0.15) is 0 Å². The second kappa shape index (κ2) is 11.1. The van der Waals surface area contributed by atoms with Gasteiger partial charge >= 0.3 is 5.97 Å². The highest BCUT2D eigenvalue weighted by atomic mass is 16.5. The minimum absolute atomic E-state index is 0.335. The summed E-state index contributed by atoms with van der Waals surface area (Å²) in [6.07, 6.45) is 1.57. The Hall–Kier alpha value is -3.37.